The number of nitrogens with two attached hydrogens (primary N) is 1. The van der Waals surface area contributed by atoms with Crippen LogP contribution in [0.4, 0.5) is 5.82 Å². The van der Waals surface area contributed by atoms with Gasteiger partial charge in [-0.1, -0.05) is 5.16 Å². The van der Waals surface area contributed by atoms with Gasteiger partial charge in [-0.15, -0.1) is 11.3 Å². The number of hydrazine groups is 1. The van der Waals surface area contributed by atoms with Crippen LogP contribution in [-0.4, -0.2) is 34.5 Å². The Morgan fingerprint density at radius 1 is 1.48 bits per heavy atom. The Balaban J connectivity index is 1.84. The molecule has 0 atom stereocenters. The average Bonchev–Trinajstić information content (AvgIpc) is 3.13. The number of sulfonamides is 1. The number of nitrogens with zero attached hydrogens (tertiary/aromatic N) is 4. The highest BCUT2D eigenvalue weighted by Gasteiger charge is 2.25. The van der Waals surface area contributed by atoms with E-state index in [1.165, 1.54) is 22.1 Å². The average molecular weight is 329 g/mol. The van der Waals surface area contributed by atoms with Gasteiger partial charge in [-0.05, 0) is 0 Å². The molecule has 0 radical (unpaired) electrons. The maximum absolute atomic E-state index is 12.4. The third kappa shape index (κ3) is 2.61. The molecule has 0 spiro atoms. The van der Waals surface area contributed by atoms with Gasteiger partial charge in [-0.2, -0.15) is 9.97 Å². The van der Waals surface area contributed by atoms with Crippen molar-refractivity contribution in [1.82, 2.24) is 24.2 Å². The molecule has 0 saturated carbocycles. The molecule has 0 aliphatic heterocycles. The zero-order valence-corrected chi connectivity index (χ0v) is 12.2. The van der Waals surface area contributed by atoms with Gasteiger partial charge < -0.3 is 9.95 Å². The first-order valence-corrected chi connectivity index (χ1v) is 8.15. The molecule has 0 aliphatic rings. The normalized spacial score (nSPS) is 12.0. The predicted molar refractivity (Wildman–Crippen MR) is 74.1 cm³/mol. The topological polar surface area (TPSA) is 140 Å². The first-order valence-electron chi connectivity index (χ1n) is 5.79. The summed E-state index contributed by atoms with van der Waals surface area (Å²) in [5.41, 5.74) is 2.30. The molecule has 0 aliphatic carbocycles. The Bertz CT molecular complexity index is 836. The first-order chi connectivity index (χ1) is 10.1. The van der Waals surface area contributed by atoms with Crippen molar-refractivity contribution < 1.29 is 12.9 Å². The molecule has 0 unspecified atom stereocenters. The molecular weight excluding hydrogens is 318 g/mol. The second kappa shape index (κ2) is 5.40. The van der Waals surface area contributed by atoms with E-state index in [0.29, 0.717) is 17.2 Å². The van der Waals surface area contributed by atoms with Gasteiger partial charge in [0.15, 0.2) is 16.6 Å². The summed E-state index contributed by atoms with van der Waals surface area (Å²) < 4.78 is 33.3. The number of fused-ring (bicyclic) bond motifs is 1. The molecule has 0 aromatic carbocycles. The van der Waals surface area contributed by atoms with Crippen molar-refractivity contribution in [2.45, 2.75) is 11.4 Å². The molecular formula is C9H11N7O3S2. The SMILES string of the molecule is NNc1nc2sccn2c1S(=O)(=O)NCCc1ncon1. The van der Waals surface area contributed by atoms with Gasteiger partial charge in [-0.3, -0.25) is 4.40 Å². The minimum atomic E-state index is -3.78. The fourth-order valence-corrected chi connectivity index (χ4v) is 3.83. The number of nitrogens with one attached hydrogen (secondary N) is 2. The number of hydrogen-bond donors (Lipinski definition) is 3. The molecule has 3 aromatic rings. The van der Waals surface area contributed by atoms with Crippen molar-refractivity contribution >= 4 is 32.1 Å². The smallest absolute Gasteiger partial charge is 0.260 e. The van der Waals surface area contributed by atoms with E-state index in [0.717, 1.165) is 0 Å². The molecule has 10 nitrogen and oxygen atoms in total. The number of aromatic nitrogens is 4. The van der Waals surface area contributed by atoms with Crippen molar-refractivity contribution in [3.63, 3.8) is 0 Å². The van der Waals surface area contributed by atoms with Gasteiger partial charge in [0.1, 0.15) is 0 Å². The molecule has 3 rings (SSSR count). The lowest BCUT2D eigenvalue weighted by molar-refractivity contribution is 0.409. The Kier molecular flexibility index (Phi) is 3.59. The molecule has 0 bridgehead atoms. The fraction of sp³-hybridized carbons (Fsp3) is 0.222. The van der Waals surface area contributed by atoms with Gasteiger partial charge in [0.05, 0.1) is 0 Å². The lowest BCUT2D eigenvalue weighted by Crippen LogP contribution is -2.28. The lowest BCUT2D eigenvalue weighted by Gasteiger charge is -2.06. The molecule has 0 amide bonds. The maximum atomic E-state index is 12.4. The second-order valence-electron chi connectivity index (χ2n) is 3.96. The van der Waals surface area contributed by atoms with Gasteiger partial charge in [0, 0.05) is 24.5 Å². The van der Waals surface area contributed by atoms with Crippen LogP contribution in [0, 0.1) is 0 Å². The minimum Gasteiger partial charge on any atom is -0.343 e. The highest BCUT2D eigenvalue weighted by Crippen LogP contribution is 2.24. The second-order valence-corrected chi connectivity index (χ2v) is 6.52. The molecule has 0 saturated heterocycles. The minimum absolute atomic E-state index is 0.0330. The zero-order valence-electron chi connectivity index (χ0n) is 10.6. The Morgan fingerprint density at radius 2 is 2.33 bits per heavy atom. The first kappa shape index (κ1) is 13.9. The number of imidazole rings is 1. The summed E-state index contributed by atoms with van der Waals surface area (Å²) in [5, 5.41) is 5.31. The van der Waals surface area contributed by atoms with E-state index >= 15 is 0 Å². The zero-order chi connectivity index (χ0) is 14.9. The summed E-state index contributed by atoms with van der Waals surface area (Å²) in [5.74, 6) is 5.84. The van der Waals surface area contributed by atoms with E-state index in [-0.39, 0.29) is 17.4 Å². The molecule has 4 N–H and O–H groups in total. The van der Waals surface area contributed by atoms with Crippen molar-refractivity contribution in [3.8, 4) is 0 Å². The van der Waals surface area contributed by atoms with Crippen molar-refractivity contribution in [3.05, 3.63) is 23.8 Å². The van der Waals surface area contributed by atoms with Crippen LogP contribution in [0.5, 0.6) is 0 Å². The third-order valence-electron chi connectivity index (χ3n) is 2.66. The van der Waals surface area contributed by atoms with Crippen LogP contribution in [0.3, 0.4) is 0 Å². The molecule has 21 heavy (non-hydrogen) atoms. The standard InChI is InChI=1S/C9H11N7O3S2/c10-14-7-8(16-3-4-20-9(16)13-7)21(17,18)12-2-1-6-11-5-19-15-6/h3-5,12,14H,1-2,10H2. The van der Waals surface area contributed by atoms with E-state index in [2.05, 4.69) is 29.8 Å². The summed E-state index contributed by atoms with van der Waals surface area (Å²) >= 11 is 1.31. The van der Waals surface area contributed by atoms with E-state index in [9.17, 15) is 8.42 Å². The monoisotopic (exact) mass is 329 g/mol. The summed E-state index contributed by atoms with van der Waals surface area (Å²) in [6.45, 7) is 0.128. The van der Waals surface area contributed by atoms with Crippen LogP contribution >= 0.6 is 11.3 Å². The highest BCUT2D eigenvalue weighted by atomic mass is 32.2. The van der Waals surface area contributed by atoms with Crippen LogP contribution in [0.25, 0.3) is 4.96 Å². The van der Waals surface area contributed by atoms with Crippen molar-refractivity contribution in [2.75, 3.05) is 12.0 Å². The van der Waals surface area contributed by atoms with E-state index in [4.69, 9.17) is 5.84 Å². The molecule has 3 heterocycles. The third-order valence-corrected chi connectivity index (χ3v) is 4.90. The fourth-order valence-electron chi connectivity index (χ4n) is 1.78. The van der Waals surface area contributed by atoms with Crippen LogP contribution in [0.15, 0.2) is 27.5 Å². The van der Waals surface area contributed by atoms with Gasteiger partial charge in [0.2, 0.25) is 11.4 Å². The lowest BCUT2D eigenvalue weighted by atomic mass is 10.4. The van der Waals surface area contributed by atoms with Gasteiger partial charge in [-0.25, -0.2) is 19.0 Å². The Labute approximate surface area is 123 Å². The van der Waals surface area contributed by atoms with Crippen molar-refractivity contribution in [2.24, 2.45) is 5.84 Å². The maximum Gasteiger partial charge on any atom is 0.260 e. The van der Waals surface area contributed by atoms with E-state index in [1.807, 2.05) is 0 Å². The van der Waals surface area contributed by atoms with Gasteiger partial charge >= 0.3 is 0 Å². The Hall–Kier alpha value is -2.02. The highest BCUT2D eigenvalue weighted by molar-refractivity contribution is 7.89. The van der Waals surface area contributed by atoms with Gasteiger partial charge in [0.25, 0.3) is 10.0 Å². The number of anilines is 1. The van der Waals surface area contributed by atoms with Crippen molar-refractivity contribution in [1.29, 1.82) is 0 Å². The van der Waals surface area contributed by atoms with Crippen LogP contribution < -0.4 is 16.0 Å². The van der Waals surface area contributed by atoms with Crippen LogP contribution in [0.1, 0.15) is 5.82 Å². The largest absolute Gasteiger partial charge is 0.343 e. The predicted octanol–water partition coefficient (Wildman–Crippen LogP) is -0.415. The van der Waals surface area contributed by atoms with Crippen LogP contribution in [-0.2, 0) is 16.4 Å². The van der Waals surface area contributed by atoms with Crippen LogP contribution in [0.2, 0.25) is 0 Å². The summed E-state index contributed by atoms with van der Waals surface area (Å²) in [6, 6.07) is 0. The molecule has 12 heteroatoms. The molecule has 112 valence electrons. The van der Waals surface area contributed by atoms with E-state index < -0.39 is 10.0 Å². The number of rotatable bonds is 6. The number of hydrogen-bond acceptors (Lipinski definition) is 9. The van der Waals surface area contributed by atoms with E-state index in [1.54, 1.807) is 11.6 Å². The summed E-state index contributed by atoms with van der Waals surface area (Å²) in [6.07, 6.45) is 3.11. The quantitative estimate of drug-likeness (QED) is 0.409. The number of nitrogen functional groups attached to an aromatic ring is 1. The molecule has 3 aromatic heterocycles. The Morgan fingerprint density at radius 3 is 3.05 bits per heavy atom. The summed E-state index contributed by atoms with van der Waals surface area (Å²) in [4.78, 5) is 8.44. The summed E-state index contributed by atoms with van der Waals surface area (Å²) in [7, 11) is -3.78. The number of thiazole rings is 1. The molecule has 0 fully saturated rings.